The molecule has 26 heavy (non-hydrogen) atoms. The zero-order valence-corrected chi connectivity index (χ0v) is 14.8. The van der Waals surface area contributed by atoms with E-state index in [1.165, 1.54) is 33.5 Å². The van der Waals surface area contributed by atoms with Crippen molar-refractivity contribution < 1.29 is 4.74 Å². The van der Waals surface area contributed by atoms with Gasteiger partial charge in [0.15, 0.2) is 0 Å². The van der Waals surface area contributed by atoms with E-state index in [2.05, 4.69) is 54.4 Å². The lowest BCUT2D eigenvalue weighted by molar-refractivity contribution is 0.258. The minimum absolute atomic E-state index is 0.362. The van der Waals surface area contributed by atoms with Crippen molar-refractivity contribution in [3.05, 3.63) is 77.6 Å². The van der Waals surface area contributed by atoms with Crippen molar-refractivity contribution in [3.8, 4) is 16.9 Å². The van der Waals surface area contributed by atoms with Crippen LogP contribution >= 0.6 is 0 Å². The molecule has 1 atom stereocenters. The van der Waals surface area contributed by atoms with Crippen LogP contribution in [0.5, 0.6) is 5.75 Å². The number of nitrogens with zero attached hydrogens (tertiary/aromatic N) is 2. The lowest BCUT2D eigenvalue weighted by atomic mass is 9.90. The fraction of sp³-hybridized carbons (Fsp3) is 0.217. The van der Waals surface area contributed by atoms with Gasteiger partial charge in [-0.3, -0.25) is 9.98 Å². The van der Waals surface area contributed by atoms with E-state index in [0.717, 1.165) is 30.9 Å². The first-order valence-corrected chi connectivity index (χ1v) is 9.10. The minimum Gasteiger partial charge on any atom is -0.493 e. The van der Waals surface area contributed by atoms with Crippen molar-refractivity contribution in [3.63, 3.8) is 0 Å². The molecule has 2 aromatic carbocycles. The summed E-state index contributed by atoms with van der Waals surface area (Å²) in [5, 5.41) is 0. The second-order valence-electron chi connectivity index (χ2n) is 7.08. The van der Waals surface area contributed by atoms with Gasteiger partial charge in [-0.25, -0.2) is 0 Å². The summed E-state index contributed by atoms with van der Waals surface area (Å²) >= 11 is 0. The van der Waals surface area contributed by atoms with Crippen molar-refractivity contribution in [2.45, 2.75) is 19.8 Å². The second-order valence-corrected chi connectivity index (χ2v) is 7.08. The normalized spacial score (nSPS) is 17.9. The maximum Gasteiger partial charge on any atom is 0.122 e. The Morgan fingerprint density at radius 2 is 1.81 bits per heavy atom. The number of para-hydroxylation sites is 1. The van der Waals surface area contributed by atoms with Gasteiger partial charge in [-0.1, -0.05) is 30.3 Å². The van der Waals surface area contributed by atoms with E-state index in [9.17, 15) is 0 Å². The number of ether oxygens (including phenoxy) is 1. The molecule has 0 spiro atoms. The van der Waals surface area contributed by atoms with Crippen LogP contribution < -0.4 is 4.74 Å². The number of hydrogen-bond donors (Lipinski definition) is 0. The highest BCUT2D eigenvalue weighted by atomic mass is 16.5. The highest BCUT2D eigenvalue weighted by molar-refractivity contribution is 5.97. The average Bonchev–Trinajstić information content (AvgIpc) is 3.14. The van der Waals surface area contributed by atoms with Crippen LogP contribution in [0.4, 0.5) is 5.69 Å². The molecule has 5 rings (SSSR count). The molecule has 3 aromatic rings. The largest absolute Gasteiger partial charge is 0.493 e. The summed E-state index contributed by atoms with van der Waals surface area (Å²) in [7, 11) is 0. The number of rotatable bonds is 2. The van der Waals surface area contributed by atoms with Gasteiger partial charge in [-0.05, 0) is 59.4 Å². The summed E-state index contributed by atoms with van der Waals surface area (Å²) in [6.07, 6.45) is 5.63. The first kappa shape index (κ1) is 15.3. The number of aliphatic imine (C=N–C) groups is 1. The van der Waals surface area contributed by atoms with Crippen LogP contribution in [0, 0.1) is 12.8 Å². The maximum absolute atomic E-state index is 5.98. The van der Waals surface area contributed by atoms with Crippen LogP contribution in [0.1, 0.15) is 16.7 Å². The summed E-state index contributed by atoms with van der Waals surface area (Å²) in [5.41, 5.74) is 8.70. The van der Waals surface area contributed by atoms with Gasteiger partial charge in [-0.2, -0.15) is 0 Å². The third-order valence-corrected chi connectivity index (χ3v) is 5.48. The van der Waals surface area contributed by atoms with E-state index in [0.29, 0.717) is 5.92 Å². The quantitative estimate of drug-likeness (QED) is 0.662. The molecule has 0 saturated heterocycles. The van der Waals surface area contributed by atoms with Gasteiger partial charge < -0.3 is 4.74 Å². The highest BCUT2D eigenvalue weighted by Gasteiger charge is 2.28. The fourth-order valence-electron chi connectivity index (χ4n) is 4.05. The molecule has 1 unspecified atom stereocenters. The molecule has 3 heterocycles. The predicted molar refractivity (Wildman–Crippen MR) is 104 cm³/mol. The number of pyridine rings is 1. The number of aromatic nitrogens is 1. The zero-order chi connectivity index (χ0) is 17.5. The molecule has 3 heteroatoms. The SMILES string of the molecule is Cc1c(-c2ccncc2)ccc2c1N=C(C1COc3ccccc3C1)C2. The molecule has 0 saturated carbocycles. The monoisotopic (exact) mass is 340 g/mol. The molecule has 0 amide bonds. The van der Waals surface area contributed by atoms with E-state index >= 15 is 0 Å². The van der Waals surface area contributed by atoms with Crippen LogP contribution in [0.3, 0.4) is 0 Å². The molecule has 128 valence electrons. The lowest BCUT2D eigenvalue weighted by Crippen LogP contribution is -2.28. The molecule has 1 aromatic heterocycles. The Bertz CT molecular complexity index is 1010. The van der Waals surface area contributed by atoms with Crippen molar-refractivity contribution in [1.29, 1.82) is 0 Å². The molecule has 0 N–H and O–H groups in total. The minimum atomic E-state index is 0.362. The number of hydrogen-bond acceptors (Lipinski definition) is 3. The Kier molecular flexibility index (Phi) is 3.59. The molecule has 2 aliphatic rings. The van der Waals surface area contributed by atoms with Gasteiger partial charge in [0.1, 0.15) is 5.75 Å². The Hall–Kier alpha value is -2.94. The summed E-state index contributed by atoms with van der Waals surface area (Å²) < 4.78 is 5.98. The molecule has 0 radical (unpaired) electrons. The molecule has 3 nitrogen and oxygen atoms in total. The molecule has 0 bridgehead atoms. The Morgan fingerprint density at radius 3 is 2.69 bits per heavy atom. The maximum atomic E-state index is 5.98. The van der Waals surface area contributed by atoms with Crippen LogP contribution in [0.15, 0.2) is 65.9 Å². The third kappa shape index (κ3) is 2.51. The summed E-state index contributed by atoms with van der Waals surface area (Å²) in [4.78, 5) is 9.18. The molecular weight excluding hydrogens is 320 g/mol. The topological polar surface area (TPSA) is 34.5 Å². The van der Waals surface area contributed by atoms with Gasteiger partial charge in [-0.15, -0.1) is 0 Å². The van der Waals surface area contributed by atoms with Crippen molar-refractivity contribution in [1.82, 2.24) is 4.98 Å². The Balaban J connectivity index is 1.48. The Labute approximate surface area is 153 Å². The van der Waals surface area contributed by atoms with E-state index in [4.69, 9.17) is 9.73 Å². The van der Waals surface area contributed by atoms with Crippen LogP contribution in [0.25, 0.3) is 11.1 Å². The standard InChI is InChI=1S/C23H20N2O/c1-15-20(16-8-10-24-11-9-16)7-6-18-13-21(25-23(15)18)19-12-17-4-2-3-5-22(17)26-14-19/h2-11,19H,12-14H2,1H3. The van der Waals surface area contributed by atoms with E-state index < -0.39 is 0 Å². The Morgan fingerprint density at radius 1 is 0.962 bits per heavy atom. The van der Waals surface area contributed by atoms with Gasteiger partial charge in [0.2, 0.25) is 0 Å². The van der Waals surface area contributed by atoms with Gasteiger partial charge >= 0.3 is 0 Å². The van der Waals surface area contributed by atoms with Crippen molar-refractivity contribution >= 4 is 11.4 Å². The van der Waals surface area contributed by atoms with Crippen LogP contribution in [-0.4, -0.2) is 17.3 Å². The average molecular weight is 340 g/mol. The zero-order valence-electron chi connectivity index (χ0n) is 14.8. The first-order valence-electron chi connectivity index (χ1n) is 9.10. The van der Waals surface area contributed by atoms with Gasteiger partial charge in [0.25, 0.3) is 0 Å². The smallest absolute Gasteiger partial charge is 0.122 e. The molecule has 2 aliphatic heterocycles. The number of benzene rings is 2. The van der Waals surface area contributed by atoms with Crippen LogP contribution in [0.2, 0.25) is 0 Å². The van der Waals surface area contributed by atoms with Gasteiger partial charge in [0, 0.05) is 30.4 Å². The van der Waals surface area contributed by atoms with E-state index in [1.54, 1.807) is 0 Å². The van der Waals surface area contributed by atoms with Crippen molar-refractivity contribution in [2.24, 2.45) is 10.9 Å². The summed E-state index contributed by atoms with van der Waals surface area (Å²) in [6, 6.07) is 16.9. The molecular formula is C23H20N2O. The second kappa shape index (κ2) is 6.10. The van der Waals surface area contributed by atoms with E-state index in [-0.39, 0.29) is 0 Å². The summed E-state index contributed by atoms with van der Waals surface area (Å²) in [5.74, 6) is 1.39. The highest BCUT2D eigenvalue weighted by Crippen LogP contribution is 2.39. The summed E-state index contributed by atoms with van der Waals surface area (Å²) in [6.45, 7) is 2.90. The number of fused-ring (bicyclic) bond motifs is 2. The molecule has 0 aliphatic carbocycles. The molecule has 0 fully saturated rings. The predicted octanol–water partition coefficient (Wildman–Crippen LogP) is 4.94. The first-order chi connectivity index (χ1) is 12.8. The van der Waals surface area contributed by atoms with E-state index in [1.807, 2.05) is 18.5 Å². The van der Waals surface area contributed by atoms with Crippen LogP contribution in [-0.2, 0) is 12.8 Å². The van der Waals surface area contributed by atoms with Crippen molar-refractivity contribution in [2.75, 3.05) is 6.61 Å². The third-order valence-electron chi connectivity index (χ3n) is 5.48. The van der Waals surface area contributed by atoms with Gasteiger partial charge in [0.05, 0.1) is 12.3 Å². The lowest BCUT2D eigenvalue weighted by Gasteiger charge is -2.25. The fourth-order valence-corrected chi connectivity index (χ4v) is 4.05.